The Balaban J connectivity index is 1.38. The molecule has 0 atom stereocenters. The third-order valence-electron chi connectivity index (χ3n) is 5.34. The first-order valence-electron chi connectivity index (χ1n) is 8.95. The van der Waals surface area contributed by atoms with Crippen LogP contribution in [0.2, 0.25) is 0 Å². The Hall–Kier alpha value is -2.30. The van der Waals surface area contributed by atoms with E-state index in [0.29, 0.717) is 5.92 Å². The second-order valence-corrected chi connectivity index (χ2v) is 6.82. The Kier molecular flexibility index (Phi) is 4.24. The van der Waals surface area contributed by atoms with E-state index >= 15 is 0 Å². The maximum atomic E-state index is 12.4. The first-order chi connectivity index (χ1) is 11.8. The van der Waals surface area contributed by atoms with Crippen molar-refractivity contribution in [2.75, 3.05) is 31.1 Å². The van der Waals surface area contributed by atoms with Crippen LogP contribution in [0.5, 0.6) is 0 Å². The normalized spacial score (nSPS) is 19.0. The number of amides is 1. The van der Waals surface area contributed by atoms with Crippen LogP contribution < -0.4 is 4.90 Å². The SMILES string of the molecule is O=C(c1ccc(C2CCN(c3ccn[nH]3)CC2)cc1)N1CCCC1. The fourth-order valence-electron chi connectivity index (χ4n) is 3.88. The van der Waals surface area contributed by atoms with Gasteiger partial charge in [-0.1, -0.05) is 12.1 Å². The van der Waals surface area contributed by atoms with Crippen molar-refractivity contribution in [3.63, 3.8) is 0 Å². The van der Waals surface area contributed by atoms with Gasteiger partial charge >= 0.3 is 0 Å². The Bertz CT molecular complexity index is 666. The van der Waals surface area contributed by atoms with Crippen LogP contribution in [-0.2, 0) is 0 Å². The smallest absolute Gasteiger partial charge is 0.253 e. The van der Waals surface area contributed by atoms with Crippen LogP contribution in [0.3, 0.4) is 0 Å². The van der Waals surface area contributed by atoms with Crippen LogP contribution in [0.25, 0.3) is 0 Å². The highest BCUT2D eigenvalue weighted by Gasteiger charge is 2.23. The van der Waals surface area contributed by atoms with Gasteiger partial charge in [0.2, 0.25) is 0 Å². The van der Waals surface area contributed by atoms with Crippen molar-refractivity contribution >= 4 is 11.7 Å². The van der Waals surface area contributed by atoms with Crippen molar-refractivity contribution in [1.29, 1.82) is 0 Å². The van der Waals surface area contributed by atoms with Crippen LogP contribution >= 0.6 is 0 Å². The van der Waals surface area contributed by atoms with Gasteiger partial charge in [-0.2, -0.15) is 5.10 Å². The minimum atomic E-state index is 0.188. The van der Waals surface area contributed by atoms with Crippen LogP contribution in [0, 0.1) is 0 Å². The molecule has 2 aliphatic heterocycles. The molecule has 5 heteroatoms. The number of hydrogen-bond acceptors (Lipinski definition) is 3. The fourth-order valence-corrected chi connectivity index (χ4v) is 3.88. The van der Waals surface area contributed by atoms with Crippen LogP contribution in [0.1, 0.15) is 47.5 Å². The number of carbonyl (C=O) groups excluding carboxylic acids is 1. The quantitative estimate of drug-likeness (QED) is 0.944. The topological polar surface area (TPSA) is 52.2 Å². The molecule has 1 aromatic heterocycles. The Morgan fingerprint density at radius 2 is 1.71 bits per heavy atom. The number of piperidine rings is 1. The van der Waals surface area contributed by atoms with Crippen molar-refractivity contribution in [2.45, 2.75) is 31.6 Å². The van der Waals surface area contributed by atoms with Crippen molar-refractivity contribution in [2.24, 2.45) is 0 Å². The van der Waals surface area contributed by atoms with Gasteiger partial charge in [0.1, 0.15) is 5.82 Å². The summed E-state index contributed by atoms with van der Waals surface area (Å²) in [6, 6.07) is 10.4. The zero-order chi connectivity index (χ0) is 16.4. The van der Waals surface area contributed by atoms with E-state index in [1.807, 2.05) is 23.1 Å². The Morgan fingerprint density at radius 3 is 2.33 bits per heavy atom. The average Bonchev–Trinajstić information content (AvgIpc) is 3.35. The van der Waals surface area contributed by atoms with Gasteiger partial charge in [-0.25, -0.2) is 0 Å². The van der Waals surface area contributed by atoms with E-state index in [1.54, 1.807) is 6.20 Å². The van der Waals surface area contributed by atoms with Crippen LogP contribution in [0.15, 0.2) is 36.5 Å². The van der Waals surface area contributed by atoms with E-state index in [-0.39, 0.29) is 5.91 Å². The molecule has 2 fully saturated rings. The number of H-pyrrole nitrogens is 1. The molecule has 0 spiro atoms. The number of nitrogens with zero attached hydrogens (tertiary/aromatic N) is 3. The second kappa shape index (κ2) is 6.67. The third-order valence-corrected chi connectivity index (χ3v) is 5.34. The maximum Gasteiger partial charge on any atom is 0.253 e. The lowest BCUT2D eigenvalue weighted by molar-refractivity contribution is 0.0793. The molecule has 126 valence electrons. The monoisotopic (exact) mass is 324 g/mol. The van der Waals surface area contributed by atoms with Gasteiger partial charge in [-0.15, -0.1) is 0 Å². The van der Waals surface area contributed by atoms with Gasteiger partial charge in [-0.3, -0.25) is 9.89 Å². The Morgan fingerprint density at radius 1 is 1.00 bits per heavy atom. The third kappa shape index (κ3) is 3.03. The van der Waals surface area contributed by atoms with Crippen molar-refractivity contribution in [3.8, 4) is 0 Å². The number of carbonyl (C=O) groups is 1. The van der Waals surface area contributed by atoms with E-state index in [1.165, 1.54) is 5.56 Å². The summed E-state index contributed by atoms with van der Waals surface area (Å²) in [6.07, 6.45) is 6.35. The van der Waals surface area contributed by atoms with Crippen molar-refractivity contribution in [3.05, 3.63) is 47.7 Å². The second-order valence-electron chi connectivity index (χ2n) is 6.82. The summed E-state index contributed by atoms with van der Waals surface area (Å²) >= 11 is 0. The number of aromatic amines is 1. The van der Waals surface area contributed by atoms with Gasteiger partial charge < -0.3 is 9.80 Å². The summed E-state index contributed by atoms with van der Waals surface area (Å²) < 4.78 is 0. The van der Waals surface area contributed by atoms with E-state index < -0.39 is 0 Å². The molecule has 2 aromatic rings. The number of benzene rings is 1. The minimum Gasteiger partial charge on any atom is -0.357 e. The molecule has 0 unspecified atom stereocenters. The number of anilines is 1. The highest BCUT2D eigenvalue weighted by molar-refractivity contribution is 5.94. The number of hydrogen-bond donors (Lipinski definition) is 1. The lowest BCUT2D eigenvalue weighted by atomic mass is 9.89. The largest absolute Gasteiger partial charge is 0.357 e. The first kappa shape index (κ1) is 15.2. The van der Waals surface area contributed by atoms with Crippen molar-refractivity contribution in [1.82, 2.24) is 15.1 Å². The van der Waals surface area contributed by atoms with Gasteiger partial charge in [-0.05, 0) is 49.3 Å². The van der Waals surface area contributed by atoms with Gasteiger partial charge in [0.05, 0.1) is 6.20 Å². The van der Waals surface area contributed by atoms with Crippen molar-refractivity contribution < 1.29 is 4.79 Å². The standard InChI is InChI=1S/C19H24N4O/c24-19(23-11-1-2-12-23)17-5-3-15(4-6-17)16-8-13-22(14-9-16)18-7-10-20-21-18/h3-7,10,16H,1-2,8-9,11-14H2,(H,20,21). The maximum absolute atomic E-state index is 12.4. The molecule has 0 bridgehead atoms. The summed E-state index contributed by atoms with van der Waals surface area (Å²) in [7, 11) is 0. The highest BCUT2D eigenvalue weighted by atomic mass is 16.2. The van der Waals surface area contributed by atoms with Crippen LogP contribution in [-0.4, -0.2) is 47.2 Å². The zero-order valence-electron chi connectivity index (χ0n) is 13.9. The number of likely N-dealkylation sites (tertiary alicyclic amines) is 1. The van der Waals surface area contributed by atoms with Gasteiger partial charge in [0, 0.05) is 37.8 Å². The molecule has 4 rings (SSSR count). The number of aromatic nitrogens is 2. The molecule has 1 aromatic carbocycles. The summed E-state index contributed by atoms with van der Waals surface area (Å²) in [4.78, 5) is 16.7. The average molecular weight is 324 g/mol. The van der Waals surface area contributed by atoms with Gasteiger partial charge in [0.25, 0.3) is 5.91 Å². The molecule has 5 nitrogen and oxygen atoms in total. The molecule has 24 heavy (non-hydrogen) atoms. The van der Waals surface area contributed by atoms with E-state index in [4.69, 9.17) is 0 Å². The van der Waals surface area contributed by atoms with Gasteiger partial charge in [0.15, 0.2) is 0 Å². The lowest BCUT2D eigenvalue weighted by Gasteiger charge is -2.32. The van der Waals surface area contributed by atoms with E-state index in [9.17, 15) is 4.79 Å². The number of nitrogens with one attached hydrogen (secondary N) is 1. The zero-order valence-corrected chi connectivity index (χ0v) is 13.9. The molecule has 0 radical (unpaired) electrons. The molecular formula is C19H24N4O. The molecule has 0 saturated carbocycles. The molecule has 2 aliphatic rings. The minimum absolute atomic E-state index is 0.188. The predicted octanol–water partition coefficient (Wildman–Crippen LogP) is 3.03. The van der Waals surface area contributed by atoms with E-state index in [2.05, 4.69) is 27.2 Å². The predicted molar refractivity (Wildman–Crippen MR) is 94.4 cm³/mol. The molecule has 0 aliphatic carbocycles. The Labute approximate surface area is 142 Å². The summed E-state index contributed by atoms with van der Waals surface area (Å²) in [5.41, 5.74) is 2.19. The summed E-state index contributed by atoms with van der Waals surface area (Å²) in [6.45, 7) is 3.90. The summed E-state index contributed by atoms with van der Waals surface area (Å²) in [5.74, 6) is 1.88. The van der Waals surface area contributed by atoms with Crippen LogP contribution in [0.4, 0.5) is 5.82 Å². The first-order valence-corrected chi connectivity index (χ1v) is 8.95. The molecular weight excluding hydrogens is 300 g/mol. The molecule has 3 heterocycles. The fraction of sp³-hybridized carbons (Fsp3) is 0.474. The molecule has 1 N–H and O–H groups in total. The highest BCUT2D eigenvalue weighted by Crippen LogP contribution is 2.30. The molecule has 2 saturated heterocycles. The van der Waals surface area contributed by atoms with E-state index in [0.717, 1.165) is 63.2 Å². The summed E-state index contributed by atoms with van der Waals surface area (Å²) in [5, 5.41) is 7.07. The number of rotatable bonds is 3. The molecule has 1 amide bonds. The lowest BCUT2D eigenvalue weighted by Crippen LogP contribution is -2.33.